The molecule has 0 spiro atoms. The molecule has 0 saturated carbocycles. The minimum absolute atomic E-state index is 0.0628. The van der Waals surface area contributed by atoms with Gasteiger partial charge in [-0.15, -0.1) is 0 Å². The number of carbonyl (C=O) groups excluding carboxylic acids is 1. The number of nitrogens with one attached hydrogen (secondary N) is 1. The lowest BCUT2D eigenvalue weighted by Crippen LogP contribution is -2.16. The first-order valence-electron chi connectivity index (χ1n) is 7.45. The fraction of sp³-hybridized carbons (Fsp3) is 0.375. The summed E-state index contributed by atoms with van der Waals surface area (Å²) in [5, 5.41) is 16.0. The Morgan fingerprint density at radius 3 is 2.88 bits per heavy atom. The van der Waals surface area contributed by atoms with Crippen molar-refractivity contribution in [1.82, 2.24) is 14.8 Å². The van der Waals surface area contributed by atoms with Gasteiger partial charge >= 0.3 is 0 Å². The first-order valence-corrected chi connectivity index (χ1v) is 7.83. The van der Waals surface area contributed by atoms with Gasteiger partial charge < -0.3 is 10.1 Å². The molecule has 2 heterocycles. The summed E-state index contributed by atoms with van der Waals surface area (Å²) >= 11 is 6.10. The molecule has 0 aliphatic carbocycles. The standard InChI is InChI=1S/C16H18ClN5O2/c1-10(2)24-16-13(17)8-12(9-19-16)15(23)20-14-7-11(3)21-22(14)6-4-5-18/h7-10H,4,6H2,1-3H3,(H,20,23). The van der Waals surface area contributed by atoms with Crippen LogP contribution < -0.4 is 10.1 Å². The number of carbonyl (C=O) groups is 1. The Morgan fingerprint density at radius 1 is 1.50 bits per heavy atom. The van der Waals surface area contributed by atoms with Crippen molar-refractivity contribution < 1.29 is 9.53 Å². The Hall–Kier alpha value is -2.59. The van der Waals surface area contributed by atoms with Crippen molar-refractivity contribution in [2.24, 2.45) is 0 Å². The van der Waals surface area contributed by atoms with E-state index in [0.717, 1.165) is 5.69 Å². The number of nitriles is 1. The largest absolute Gasteiger partial charge is 0.474 e. The number of anilines is 1. The van der Waals surface area contributed by atoms with Crippen LogP contribution in [0, 0.1) is 18.3 Å². The summed E-state index contributed by atoms with van der Waals surface area (Å²) in [5.41, 5.74) is 1.06. The van der Waals surface area contributed by atoms with E-state index in [9.17, 15) is 4.79 Å². The topological polar surface area (TPSA) is 92.8 Å². The van der Waals surface area contributed by atoms with Crippen LogP contribution in [-0.4, -0.2) is 26.8 Å². The molecule has 0 atom stereocenters. The number of halogens is 1. The summed E-state index contributed by atoms with van der Waals surface area (Å²) in [6, 6.07) is 5.29. The van der Waals surface area contributed by atoms with Crippen LogP contribution >= 0.6 is 11.6 Å². The van der Waals surface area contributed by atoms with Crippen molar-refractivity contribution in [2.75, 3.05) is 5.32 Å². The molecule has 0 aliphatic rings. The fourth-order valence-corrected chi connectivity index (χ4v) is 2.23. The summed E-state index contributed by atoms with van der Waals surface area (Å²) < 4.78 is 7.03. The predicted octanol–water partition coefficient (Wildman–Crippen LogP) is 3.19. The molecule has 2 aromatic rings. The fourth-order valence-electron chi connectivity index (χ4n) is 2.02. The van der Waals surface area contributed by atoms with Gasteiger partial charge in [0, 0.05) is 12.3 Å². The van der Waals surface area contributed by atoms with Crippen molar-refractivity contribution in [1.29, 1.82) is 5.26 Å². The highest BCUT2D eigenvalue weighted by Gasteiger charge is 2.14. The molecule has 0 bridgehead atoms. The third kappa shape index (κ3) is 4.46. The van der Waals surface area contributed by atoms with E-state index in [2.05, 4.69) is 21.5 Å². The average molecular weight is 348 g/mol. The van der Waals surface area contributed by atoms with Gasteiger partial charge in [0.15, 0.2) is 0 Å². The average Bonchev–Trinajstić information content (AvgIpc) is 2.86. The van der Waals surface area contributed by atoms with E-state index in [1.807, 2.05) is 20.8 Å². The second-order valence-electron chi connectivity index (χ2n) is 5.43. The van der Waals surface area contributed by atoms with Gasteiger partial charge in [-0.3, -0.25) is 4.79 Å². The molecule has 1 N–H and O–H groups in total. The number of rotatable bonds is 6. The highest BCUT2D eigenvalue weighted by Crippen LogP contribution is 2.24. The van der Waals surface area contributed by atoms with Gasteiger partial charge in [-0.1, -0.05) is 11.6 Å². The summed E-state index contributed by atoms with van der Waals surface area (Å²) in [6.07, 6.45) is 1.65. The summed E-state index contributed by atoms with van der Waals surface area (Å²) in [6.45, 7) is 5.95. The van der Waals surface area contributed by atoms with Crippen LogP contribution in [0.15, 0.2) is 18.3 Å². The SMILES string of the molecule is Cc1cc(NC(=O)c2cnc(OC(C)C)c(Cl)c2)n(CCC#N)n1. The second kappa shape index (κ2) is 7.79. The Morgan fingerprint density at radius 2 is 2.25 bits per heavy atom. The summed E-state index contributed by atoms with van der Waals surface area (Å²) in [7, 11) is 0. The second-order valence-corrected chi connectivity index (χ2v) is 5.84. The lowest BCUT2D eigenvalue weighted by Gasteiger charge is -2.11. The molecule has 2 aromatic heterocycles. The zero-order valence-corrected chi connectivity index (χ0v) is 14.5. The molecule has 0 unspecified atom stereocenters. The lowest BCUT2D eigenvalue weighted by molar-refractivity contribution is 0.102. The van der Waals surface area contributed by atoms with E-state index in [0.29, 0.717) is 24.3 Å². The maximum atomic E-state index is 12.4. The van der Waals surface area contributed by atoms with Crippen molar-refractivity contribution in [3.05, 3.63) is 34.6 Å². The van der Waals surface area contributed by atoms with Gasteiger partial charge in [-0.05, 0) is 26.8 Å². The van der Waals surface area contributed by atoms with Crippen LogP contribution in [-0.2, 0) is 6.54 Å². The van der Waals surface area contributed by atoms with Gasteiger partial charge in [0.25, 0.3) is 5.91 Å². The van der Waals surface area contributed by atoms with Crippen LogP contribution in [0.1, 0.15) is 36.3 Å². The Labute approximate surface area is 145 Å². The maximum absolute atomic E-state index is 12.4. The highest BCUT2D eigenvalue weighted by atomic mass is 35.5. The van der Waals surface area contributed by atoms with Crippen LogP contribution in [0.25, 0.3) is 0 Å². The number of aryl methyl sites for hydroxylation is 2. The molecule has 8 heteroatoms. The van der Waals surface area contributed by atoms with Gasteiger partial charge in [0.1, 0.15) is 10.8 Å². The van der Waals surface area contributed by atoms with Crippen LogP contribution in [0.2, 0.25) is 5.02 Å². The number of amides is 1. The zero-order chi connectivity index (χ0) is 17.7. The first-order chi connectivity index (χ1) is 11.4. The van der Waals surface area contributed by atoms with Crippen LogP contribution in [0.3, 0.4) is 0 Å². The smallest absolute Gasteiger partial charge is 0.258 e. The number of hydrogen-bond donors (Lipinski definition) is 1. The van der Waals surface area contributed by atoms with E-state index < -0.39 is 0 Å². The van der Waals surface area contributed by atoms with Crippen molar-refractivity contribution in [3.63, 3.8) is 0 Å². The third-order valence-corrected chi connectivity index (χ3v) is 3.27. The molecule has 2 rings (SSSR count). The van der Waals surface area contributed by atoms with Crippen LogP contribution in [0.4, 0.5) is 5.82 Å². The van der Waals surface area contributed by atoms with Crippen molar-refractivity contribution in [3.8, 4) is 11.9 Å². The molecule has 7 nitrogen and oxygen atoms in total. The molecule has 0 aromatic carbocycles. The summed E-state index contributed by atoms with van der Waals surface area (Å²) in [5.74, 6) is 0.447. The Kier molecular flexibility index (Phi) is 5.77. The van der Waals surface area contributed by atoms with Crippen molar-refractivity contribution >= 4 is 23.3 Å². The van der Waals surface area contributed by atoms with Crippen LogP contribution in [0.5, 0.6) is 5.88 Å². The van der Waals surface area contributed by atoms with Gasteiger partial charge in [-0.2, -0.15) is 10.4 Å². The molecule has 24 heavy (non-hydrogen) atoms. The molecule has 126 valence electrons. The van der Waals surface area contributed by atoms with Gasteiger partial charge in [0.2, 0.25) is 5.88 Å². The monoisotopic (exact) mass is 347 g/mol. The Balaban J connectivity index is 2.16. The minimum atomic E-state index is -0.362. The van der Waals surface area contributed by atoms with E-state index >= 15 is 0 Å². The van der Waals surface area contributed by atoms with E-state index in [1.165, 1.54) is 12.3 Å². The number of hydrogen-bond acceptors (Lipinski definition) is 5. The number of ether oxygens (including phenoxy) is 1. The Bertz CT molecular complexity index is 779. The number of pyridine rings is 1. The number of nitrogens with zero attached hydrogens (tertiary/aromatic N) is 4. The minimum Gasteiger partial charge on any atom is -0.474 e. The lowest BCUT2D eigenvalue weighted by atomic mass is 10.2. The molecule has 0 fully saturated rings. The third-order valence-electron chi connectivity index (χ3n) is 3.00. The maximum Gasteiger partial charge on any atom is 0.258 e. The molecule has 1 amide bonds. The first kappa shape index (κ1) is 17.8. The van der Waals surface area contributed by atoms with E-state index in [1.54, 1.807) is 10.7 Å². The van der Waals surface area contributed by atoms with Crippen molar-refractivity contribution in [2.45, 2.75) is 39.8 Å². The van der Waals surface area contributed by atoms with Gasteiger partial charge in [-0.25, -0.2) is 9.67 Å². The van der Waals surface area contributed by atoms with E-state index in [-0.39, 0.29) is 22.9 Å². The molecular formula is C16H18ClN5O2. The van der Waals surface area contributed by atoms with E-state index in [4.69, 9.17) is 21.6 Å². The number of aromatic nitrogens is 3. The molecule has 0 radical (unpaired) electrons. The quantitative estimate of drug-likeness (QED) is 0.866. The van der Waals surface area contributed by atoms with Gasteiger partial charge in [0.05, 0.1) is 36.4 Å². The molecule has 0 saturated heterocycles. The normalized spacial score (nSPS) is 10.5. The molecular weight excluding hydrogens is 330 g/mol. The summed E-state index contributed by atoms with van der Waals surface area (Å²) in [4.78, 5) is 16.5. The zero-order valence-electron chi connectivity index (χ0n) is 13.7. The predicted molar refractivity (Wildman–Crippen MR) is 90.2 cm³/mol. The molecule has 0 aliphatic heterocycles. The highest BCUT2D eigenvalue weighted by molar-refractivity contribution is 6.32.